The summed E-state index contributed by atoms with van der Waals surface area (Å²) < 4.78 is 18.0. The van der Waals surface area contributed by atoms with Crippen molar-refractivity contribution >= 4 is 44.7 Å². The Morgan fingerprint density at radius 2 is 2.05 bits per heavy atom. The van der Waals surface area contributed by atoms with E-state index in [0.717, 1.165) is 15.4 Å². The Labute approximate surface area is 220 Å². The summed E-state index contributed by atoms with van der Waals surface area (Å²) in [6.07, 6.45) is 3.68. The van der Waals surface area contributed by atoms with Crippen LogP contribution in [0.25, 0.3) is 11.0 Å². The summed E-state index contributed by atoms with van der Waals surface area (Å²) in [5.74, 6) is 0.586. The number of fused-ring (bicyclic) bond motifs is 1. The molecule has 4 rings (SSSR count). The molecule has 0 aliphatic carbocycles. The first-order valence-corrected chi connectivity index (χ1v) is 11.9. The molecule has 1 N–H and O–H groups in total. The van der Waals surface area contributed by atoms with Crippen molar-refractivity contribution in [1.82, 2.24) is 5.43 Å². The van der Waals surface area contributed by atoms with Gasteiger partial charge in [-0.1, -0.05) is 34.1 Å². The van der Waals surface area contributed by atoms with Crippen molar-refractivity contribution in [3.63, 3.8) is 0 Å². The summed E-state index contributed by atoms with van der Waals surface area (Å²) in [5, 5.41) is 15.9. The number of hydrazone groups is 1. The van der Waals surface area contributed by atoms with E-state index in [1.165, 1.54) is 25.5 Å². The molecule has 188 valence electrons. The van der Waals surface area contributed by atoms with E-state index in [-0.39, 0.29) is 18.1 Å². The maximum Gasteiger partial charge on any atom is 0.307 e. The average Bonchev–Trinajstić information content (AvgIpc) is 3.31. The van der Waals surface area contributed by atoms with Gasteiger partial charge in [-0.2, -0.15) is 5.10 Å². The van der Waals surface area contributed by atoms with Gasteiger partial charge in [0.05, 0.1) is 18.2 Å². The number of ether oxygens (including phenoxy) is 2. The summed E-state index contributed by atoms with van der Waals surface area (Å²) >= 11 is 3.39. The highest BCUT2D eigenvalue weighted by atomic mass is 79.9. The third-order valence-electron chi connectivity index (χ3n) is 5.32. The number of amides is 1. The molecule has 0 spiro atoms. The second kappa shape index (κ2) is 11.5. The Hall–Kier alpha value is -4.44. The number of halogens is 1. The number of carbonyl (C=O) groups excluding carboxylic acids is 1. The Bertz CT molecular complexity index is 1510. The van der Waals surface area contributed by atoms with Crippen LogP contribution < -0.4 is 14.9 Å². The van der Waals surface area contributed by atoms with Gasteiger partial charge < -0.3 is 13.9 Å². The number of furan rings is 1. The quantitative estimate of drug-likeness (QED) is 0.106. The molecule has 0 bridgehead atoms. The molecule has 0 fully saturated rings. The summed E-state index contributed by atoms with van der Waals surface area (Å²) in [7, 11) is 1.51. The van der Waals surface area contributed by atoms with Crippen LogP contribution in [0, 0.1) is 10.1 Å². The fourth-order valence-electron chi connectivity index (χ4n) is 3.64. The van der Waals surface area contributed by atoms with Crippen LogP contribution in [0.15, 0.2) is 87.3 Å². The molecule has 0 aliphatic rings. The van der Waals surface area contributed by atoms with Crippen LogP contribution in [0.1, 0.15) is 27.2 Å². The molecule has 1 aromatic heterocycles. The number of non-ortho nitro benzene ring substituents is 1. The Morgan fingerprint density at radius 3 is 2.81 bits per heavy atom. The number of nitro benzene ring substituents is 1. The van der Waals surface area contributed by atoms with Crippen LogP contribution in [-0.4, -0.2) is 24.2 Å². The number of rotatable bonds is 10. The van der Waals surface area contributed by atoms with Gasteiger partial charge in [-0.05, 0) is 53.9 Å². The molecule has 9 nitrogen and oxygen atoms in total. The third kappa shape index (κ3) is 6.22. The third-order valence-corrected chi connectivity index (χ3v) is 5.82. The van der Waals surface area contributed by atoms with Crippen LogP contribution in [0.3, 0.4) is 0 Å². The highest BCUT2D eigenvalue weighted by Crippen LogP contribution is 2.34. The molecule has 0 unspecified atom stereocenters. The molecule has 0 saturated heterocycles. The lowest BCUT2D eigenvalue weighted by Crippen LogP contribution is -2.16. The van der Waals surface area contributed by atoms with Gasteiger partial charge in [0.25, 0.3) is 5.69 Å². The maximum absolute atomic E-state index is 12.5. The molecule has 0 atom stereocenters. The van der Waals surface area contributed by atoms with E-state index in [1.54, 1.807) is 36.4 Å². The van der Waals surface area contributed by atoms with Gasteiger partial charge >= 0.3 is 5.91 Å². The predicted molar refractivity (Wildman–Crippen MR) is 143 cm³/mol. The van der Waals surface area contributed by atoms with Crippen LogP contribution in [0.2, 0.25) is 0 Å². The minimum Gasteiger partial charge on any atom is -0.493 e. The molecule has 37 heavy (non-hydrogen) atoms. The molecule has 0 saturated carbocycles. The number of nitrogens with zero attached hydrogens (tertiary/aromatic N) is 2. The topological polar surface area (TPSA) is 116 Å². The molecular weight excluding hydrogens is 542 g/mol. The highest BCUT2D eigenvalue weighted by molar-refractivity contribution is 9.10. The first-order chi connectivity index (χ1) is 17.9. The van der Waals surface area contributed by atoms with Gasteiger partial charge in [-0.15, -0.1) is 6.58 Å². The summed E-state index contributed by atoms with van der Waals surface area (Å²) in [4.78, 5) is 23.1. The Morgan fingerprint density at radius 1 is 1.22 bits per heavy atom. The van der Waals surface area contributed by atoms with E-state index in [9.17, 15) is 14.9 Å². The van der Waals surface area contributed by atoms with Crippen molar-refractivity contribution in [3.8, 4) is 11.5 Å². The van der Waals surface area contributed by atoms with Crippen LogP contribution in [-0.2, 0) is 13.0 Å². The lowest BCUT2D eigenvalue weighted by Gasteiger charge is -2.16. The van der Waals surface area contributed by atoms with Gasteiger partial charge in [-0.25, -0.2) is 5.43 Å². The SMILES string of the molecule is C=CCc1cc(/C=N/NC(=O)c2cc3cc(Br)ccc3o2)cc(OC)c1OCc1cccc([N+](=O)[O-])c1. The fraction of sp³-hybridized carbons (Fsp3) is 0.111. The van der Waals surface area contributed by atoms with Gasteiger partial charge in [0.2, 0.25) is 0 Å². The van der Waals surface area contributed by atoms with Crippen molar-refractivity contribution in [2.75, 3.05) is 7.11 Å². The zero-order valence-electron chi connectivity index (χ0n) is 19.8. The van der Waals surface area contributed by atoms with Crippen LogP contribution >= 0.6 is 15.9 Å². The zero-order chi connectivity index (χ0) is 26.4. The number of hydrogen-bond donors (Lipinski definition) is 1. The molecule has 3 aromatic carbocycles. The van der Waals surface area contributed by atoms with Crippen LogP contribution in [0.4, 0.5) is 5.69 Å². The maximum atomic E-state index is 12.5. The van der Waals surface area contributed by atoms with E-state index in [1.807, 2.05) is 18.2 Å². The minimum absolute atomic E-state index is 0.0106. The average molecular weight is 564 g/mol. The number of nitrogens with one attached hydrogen (secondary N) is 1. The van der Waals surface area contributed by atoms with Gasteiger partial charge in [0.15, 0.2) is 17.3 Å². The normalized spacial score (nSPS) is 11.0. The van der Waals surface area contributed by atoms with E-state index in [4.69, 9.17) is 13.9 Å². The summed E-state index contributed by atoms with van der Waals surface area (Å²) in [6.45, 7) is 3.91. The Balaban J connectivity index is 1.50. The molecule has 0 aliphatic heterocycles. The zero-order valence-corrected chi connectivity index (χ0v) is 21.4. The molecule has 1 heterocycles. The number of nitro groups is 1. The van der Waals surface area contributed by atoms with Gasteiger partial charge in [0, 0.05) is 27.6 Å². The second-order valence-electron chi connectivity index (χ2n) is 7.91. The fourth-order valence-corrected chi connectivity index (χ4v) is 4.02. The van der Waals surface area contributed by atoms with Crippen molar-refractivity contribution in [1.29, 1.82) is 0 Å². The lowest BCUT2D eigenvalue weighted by atomic mass is 10.1. The summed E-state index contributed by atoms with van der Waals surface area (Å²) in [5.41, 5.74) is 5.13. The summed E-state index contributed by atoms with van der Waals surface area (Å²) in [6, 6.07) is 16.9. The van der Waals surface area contributed by atoms with E-state index >= 15 is 0 Å². The predicted octanol–water partition coefficient (Wildman–Crippen LogP) is 6.18. The Kier molecular flexibility index (Phi) is 7.99. The molecule has 0 radical (unpaired) electrons. The largest absolute Gasteiger partial charge is 0.493 e. The molecule has 10 heteroatoms. The number of methoxy groups -OCH3 is 1. The number of benzene rings is 3. The van der Waals surface area contributed by atoms with Crippen LogP contribution in [0.5, 0.6) is 11.5 Å². The molecule has 4 aromatic rings. The molecular formula is C27H22BrN3O6. The van der Waals surface area contributed by atoms with Gasteiger partial charge in [0.1, 0.15) is 12.2 Å². The first kappa shape index (κ1) is 25.6. The number of allylic oxidation sites excluding steroid dienone is 1. The van der Waals surface area contributed by atoms with Gasteiger partial charge in [-0.3, -0.25) is 14.9 Å². The lowest BCUT2D eigenvalue weighted by molar-refractivity contribution is -0.384. The standard InChI is InChI=1S/C27H22BrN3O6/c1-3-5-19-10-18(15-29-30-27(32)25-14-20-13-21(28)8-9-23(20)37-25)12-24(35-2)26(19)36-16-17-6-4-7-22(11-17)31(33)34/h3-4,6-15H,1,5,16H2,2H3,(H,30,32)/b29-15+. The smallest absolute Gasteiger partial charge is 0.307 e. The number of carbonyl (C=O) groups is 1. The van der Waals surface area contributed by atoms with Crippen molar-refractivity contribution in [2.45, 2.75) is 13.0 Å². The van der Waals surface area contributed by atoms with Crippen molar-refractivity contribution < 1.29 is 23.6 Å². The minimum atomic E-state index is -0.487. The molecule has 1 amide bonds. The van der Waals surface area contributed by atoms with E-state index in [2.05, 4.69) is 33.0 Å². The van der Waals surface area contributed by atoms with E-state index < -0.39 is 10.8 Å². The van der Waals surface area contributed by atoms with E-state index in [0.29, 0.717) is 34.6 Å². The number of hydrogen-bond acceptors (Lipinski definition) is 7. The van der Waals surface area contributed by atoms with Crippen molar-refractivity contribution in [3.05, 3.63) is 110 Å². The second-order valence-corrected chi connectivity index (χ2v) is 8.83. The monoisotopic (exact) mass is 563 g/mol. The first-order valence-electron chi connectivity index (χ1n) is 11.1. The van der Waals surface area contributed by atoms with Crippen molar-refractivity contribution in [2.24, 2.45) is 5.10 Å². The highest BCUT2D eigenvalue weighted by Gasteiger charge is 2.15.